The molecule has 2 aromatic rings. The molecule has 2 N–H and O–H groups in total. The van der Waals surface area contributed by atoms with Crippen LogP contribution in [0.5, 0.6) is 0 Å². The average Bonchev–Trinajstić information content (AvgIpc) is 2.50. The summed E-state index contributed by atoms with van der Waals surface area (Å²) in [6, 6.07) is 13.9. The number of anilines is 2. The molecule has 1 amide bonds. The molecule has 1 unspecified atom stereocenters. The Labute approximate surface area is 140 Å². The van der Waals surface area contributed by atoms with Gasteiger partial charge in [0.05, 0.1) is 11.6 Å². The fourth-order valence-electron chi connectivity index (χ4n) is 2.46. The van der Waals surface area contributed by atoms with Crippen molar-refractivity contribution >= 4 is 49.1 Å². The summed E-state index contributed by atoms with van der Waals surface area (Å²) in [5.41, 5.74) is 3.11. The van der Waals surface area contributed by atoms with Gasteiger partial charge in [0.1, 0.15) is 0 Å². The number of hydrogen-bond donors (Lipinski definition) is 2. The summed E-state index contributed by atoms with van der Waals surface area (Å²) >= 11 is 6.88. The summed E-state index contributed by atoms with van der Waals surface area (Å²) in [5, 5.41) is 6.32. The van der Waals surface area contributed by atoms with Crippen LogP contribution < -0.4 is 10.6 Å². The zero-order chi connectivity index (χ0) is 14.8. The molecule has 0 saturated heterocycles. The second kappa shape index (κ2) is 6.20. The quantitative estimate of drug-likeness (QED) is 0.769. The molecule has 0 fully saturated rings. The van der Waals surface area contributed by atoms with Crippen LogP contribution in [0.3, 0.4) is 0 Å². The zero-order valence-corrected chi connectivity index (χ0v) is 14.4. The number of rotatable bonds is 2. The first kappa shape index (κ1) is 14.6. The third kappa shape index (κ3) is 3.30. The van der Waals surface area contributed by atoms with Crippen LogP contribution in [-0.2, 0) is 11.2 Å². The van der Waals surface area contributed by atoms with Gasteiger partial charge in [0.15, 0.2) is 0 Å². The normalized spacial score (nSPS) is 16.8. The Hall–Kier alpha value is -1.33. The fourth-order valence-corrected chi connectivity index (χ4v) is 3.16. The van der Waals surface area contributed by atoms with Crippen LogP contribution in [0.2, 0.25) is 0 Å². The van der Waals surface area contributed by atoms with E-state index in [1.165, 1.54) is 5.56 Å². The Balaban J connectivity index is 1.74. The second-order valence-electron chi connectivity index (χ2n) is 5.05. The lowest BCUT2D eigenvalue weighted by molar-refractivity contribution is -0.119. The largest absolute Gasteiger partial charge is 0.384 e. The SMILES string of the molecule is O=C(Nc1cc(Br)ccc1Br)C1CNc2ccccc2C1. The lowest BCUT2D eigenvalue weighted by Gasteiger charge is -2.25. The van der Waals surface area contributed by atoms with Gasteiger partial charge in [0, 0.05) is 21.2 Å². The first-order valence-electron chi connectivity index (χ1n) is 6.71. The van der Waals surface area contributed by atoms with Gasteiger partial charge in [0.25, 0.3) is 0 Å². The van der Waals surface area contributed by atoms with Gasteiger partial charge in [-0.15, -0.1) is 0 Å². The summed E-state index contributed by atoms with van der Waals surface area (Å²) in [6.07, 6.45) is 0.765. The van der Waals surface area contributed by atoms with Gasteiger partial charge in [-0.3, -0.25) is 4.79 Å². The van der Waals surface area contributed by atoms with E-state index in [0.29, 0.717) is 6.54 Å². The Morgan fingerprint density at radius 1 is 1.19 bits per heavy atom. The van der Waals surface area contributed by atoms with Crippen LogP contribution in [0.4, 0.5) is 11.4 Å². The fraction of sp³-hybridized carbons (Fsp3) is 0.188. The van der Waals surface area contributed by atoms with Crippen LogP contribution >= 0.6 is 31.9 Å². The van der Waals surface area contributed by atoms with E-state index < -0.39 is 0 Å². The number of benzene rings is 2. The van der Waals surface area contributed by atoms with Gasteiger partial charge >= 0.3 is 0 Å². The molecule has 0 aromatic heterocycles. The number of nitrogens with one attached hydrogen (secondary N) is 2. The van der Waals surface area contributed by atoms with Crippen molar-refractivity contribution in [3.05, 3.63) is 57.0 Å². The predicted octanol–water partition coefficient (Wildman–Crippen LogP) is 4.43. The zero-order valence-electron chi connectivity index (χ0n) is 11.2. The van der Waals surface area contributed by atoms with E-state index in [4.69, 9.17) is 0 Å². The summed E-state index contributed by atoms with van der Waals surface area (Å²) in [6.45, 7) is 0.661. The average molecular weight is 410 g/mol. The third-order valence-electron chi connectivity index (χ3n) is 3.58. The van der Waals surface area contributed by atoms with Crippen molar-refractivity contribution in [2.24, 2.45) is 5.92 Å². The Kier molecular flexibility index (Phi) is 4.31. The van der Waals surface area contributed by atoms with E-state index in [2.05, 4.69) is 48.6 Å². The molecule has 1 aliphatic heterocycles. The number of para-hydroxylation sites is 1. The number of amides is 1. The van der Waals surface area contributed by atoms with Gasteiger partial charge in [0.2, 0.25) is 5.91 Å². The van der Waals surface area contributed by atoms with Crippen molar-refractivity contribution < 1.29 is 4.79 Å². The molecule has 3 nitrogen and oxygen atoms in total. The molecule has 0 radical (unpaired) electrons. The van der Waals surface area contributed by atoms with E-state index in [9.17, 15) is 4.79 Å². The van der Waals surface area contributed by atoms with Crippen molar-refractivity contribution in [1.82, 2.24) is 0 Å². The topological polar surface area (TPSA) is 41.1 Å². The highest BCUT2D eigenvalue weighted by molar-refractivity contribution is 9.11. The number of halogens is 2. The maximum Gasteiger partial charge on any atom is 0.229 e. The number of fused-ring (bicyclic) bond motifs is 1. The smallest absolute Gasteiger partial charge is 0.229 e. The number of hydrogen-bond acceptors (Lipinski definition) is 2. The lowest BCUT2D eigenvalue weighted by atomic mass is 9.93. The highest BCUT2D eigenvalue weighted by Gasteiger charge is 2.24. The van der Waals surface area contributed by atoms with Crippen molar-refractivity contribution in [2.45, 2.75) is 6.42 Å². The molecule has 1 atom stereocenters. The minimum atomic E-state index is -0.0641. The molecule has 0 spiro atoms. The first-order valence-corrected chi connectivity index (χ1v) is 8.30. The molecule has 108 valence electrons. The number of carbonyl (C=O) groups is 1. The maximum absolute atomic E-state index is 12.5. The van der Waals surface area contributed by atoms with Gasteiger partial charge < -0.3 is 10.6 Å². The Bertz CT molecular complexity index is 688. The Morgan fingerprint density at radius 2 is 2.00 bits per heavy atom. The van der Waals surface area contributed by atoms with E-state index >= 15 is 0 Å². The minimum Gasteiger partial charge on any atom is -0.384 e. The van der Waals surface area contributed by atoms with Crippen molar-refractivity contribution in [2.75, 3.05) is 17.2 Å². The monoisotopic (exact) mass is 408 g/mol. The molecule has 0 saturated carbocycles. The molecule has 0 aliphatic carbocycles. The highest BCUT2D eigenvalue weighted by atomic mass is 79.9. The number of carbonyl (C=O) groups excluding carboxylic acids is 1. The third-order valence-corrected chi connectivity index (χ3v) is 4.76. The predicted molar refractivity (Wildman–Crippen MR) is 92.6 cm³/mol. The molecule has 2 aromatic carbocycles. The summed E-state index contributed by atoms with van der Waals surface area (Å²) in [5.74, 6) is -0.0263. The summed E-state index contributed by atoms with van der Waals surface area (Å²) in [7, 11) is 0. The molecule has 3 rings (SSSR count). The second-order valence-corrected chi connectivity index (χ2v) is 6.82. The van der Waals surface area contributed by atoms with E-state index in [0.717, 1.165) is 26.7 Å². The van der Waals surface area contributed by atoms with Crippen molar-refractivity contribution in [3.63, 3.8) is 0 Å². The standard InChI is InChI=1S/C16H14Br2N2O/c17-12-5-6-13(18)15(8-12)20-16(21)11-7-10-3-1-2-4-14(10)19-9-11/h1-6,8,11,19H,7,9H2,(H,20,21). The molecule has 21 heavy (non-hydrogen) atoms. The summed E-state index contributed by atoms with van der Waals surface area (Å²) < 4.78 is 1.82. The summed E-state index contributed by atoms with van der Waals surface area (Å²) in [4.78, 5) is 12.5. The van der Waals surface area contributed by atoms with Crippen molar-refractivity contribution in [1.29, 1.82) is 0 Å². The van der Waals surface area contributed by atoms with Gasteiger partial charge in [-0.2, -0.15) is 0 Å². The first-order chi connectivity index (χ1) is 10.1. The molecule has 0 bridgehead atoms. The van der Waals surface area contributed by atoms with Gasteiger partial charge in [-0.05, 0) is 52.2 Å². The maximum atomic E-state index is 12.5. The molecular formula is C16H14Br2N2O. The molecular weight excluding hydrogens is 396 g/mol. The van der Waals surface area contributed by atoms with Crippen LogP contribution in [0.15, 0.2) is 51.4 Å². The molecule has 1 aliphatic rings. The van der Waals surface area contributed by atoms with E-state index in [1.54, 1.807) is 0 Å². The van der Waals surface area contributed by atoms with Gasteiger partial charge in [-0.1, -0.05) is 34.1 Å². The van der Waals surface area contributed by atoms with Crippen LogP contribution in [-0.4, -0.2) is 12.5 Å². The van der Waals surface area contributed by atoms with E-state index in [-0.39, 0.29) is 11.8 Å². The van der Waals surface area contributed by atoms with E-state index in [1.807, 2.05) is 36.4 Å². The minimum absolute atomic E-state index is 0.0378. The molecule has 5 heteroatoms. The van der Waals surface area contributed by atoms with Crippen molar-refractivity contribution in [3.8, 4) is 0 Å². The van der Waals surface area contributed by atoms with Crippen LogP contribution in [0.25, 0.3) is 0 Å². The highest BCUT2D eigenvalue weighted by Crippen LogP contribution is 2.28. The van der Waals surface area contributed by atoms with Crippen LogP contribution in [0.1, 0.15) is 5.56 Å². The molecule has 1 heterocycles. The van der Waals surface area contributed by atoms with Gasteiger partial charge in [-0.25, -0.2) is 0 Å². The van der Waals surface area contributed by atoms with Crippen LogP contribution in [0, 0.1) is 5.92 Å². The Morgan fingerprint density at radius 3 is 2.86 bits per heavy atom. The lowest BCUT2D eigenvalue weighted by Crippen LogP contribution is -2.33.